The summed E-state index contributed by atoms with van der Waals surface area (Å²) >= 11 is 0. The van der Waals surface area contributed by atoms with E-state index in [-0.39, 0.29) is 17.1 Å². The number of nitrogen functional groups attached to an aromatic ring is 1. The molecule has 1 aliphatic rings. The maximum Gasteiger partial charge on any atom is 0.490 e. The second-order valence-corrected chi connectivity index (χ2v) is 11.1. The van der Waals surface area contributed by atoms with Gasteiger partial charge in [0.05, 0.1) is 12.4 Å². The molecule has 0 aliphatic carbocycles. The van der Waals surface area contributed by atoms with Crippen molar-refractivity contribution in [2.75, 3.05) is 19.5 Å². The van der Waals surface area contributed by atoms with Crippen LogP contribution in [0.1, 0.15) is 6.23 Å². The number of phosphoric acid groups is 3. The molecular weight excluding hydrogens is 533 g/mol. The summed E-state index contributed by atoms with van der Waals surface area (Å²) in [5.74, 6) is -2.56. The van der Waals surface area contributed by atoms with E-state index in [0.29, 0.717) is 0 Å². The summed E-state index contributed by atoms with van der Waals surface area (Å²) in [5.41, 5.74) is 10.6. The molecule has 10 N–H and O–H groups in total. The Kier molecular flexibility index (Phi) is 7.24. The van der Waals surface area contributed by atoms with Crippen LogP contribution in [-0.4, -0.2) is 75.8 Å². The Morgan fingerprint density at radius 2 is 1.88 bits per heavy atom. The molecule has 3 heterocycles. The fourth-order valence-corrected chi connectivity index (χ4v) is 6.03. The molecule has 3 rings (SSSR count). The number of hydrogen-bond acceptors (Lipinski definition) is 14. The first-order chi connectivity index (χ1) is 15.5. The number of phosphoric ester groups is 1. The van der Waals surface area contributed by atoms with Gasteiger partial charge in [-0.2, -0.15) is 13.6 Å². The Bertz CT molecular complexity index is 1280. The van der Waals surface area contributed by atoms with E-state index in [1.54, 1.807) is 0 Å². The molecule has 20 nitrogen and oxygen atoms in total. The Hall–Kier alpha value is -1.60. The zero-order chi connectivity index (χ0) is 25.7. The molecule has 0 bridgehead atoms. The molecule has 0 spiro atoms. The molecule has 1 aliphatic heterocycles. The first kappa shape index (κ1) is 27.0. The van der Waals surface area contributed by atoms with Crippen molar-refractivity contribution < 1.29 is 61.0 Å². The van der Waals surface area contributed by atoms with E-state index in [1.165, 1.54) is 0 Å². The van der Waals surface area contributed by atoms with Crippen LogP contribution < -0.4 is 17.0 Å². The van der Waals surface area contributed by atoms with Crippen molar-refractivity contribution in [3.63, 3.8) is 0 Å². The Morgan fingerprint density at radius 1 is 1.24 bits per heavy atom. The number of aromatic amines is 1. The van der Waals surface area contributed by atoms with E-state index in [9.17, 15) is 33.4 Å². The van der Waals surface area contributed by atoms with Gasteiger partial charge in [0.25, 0.3) is 5.56 Å². The van der Waals surface area contributed by atoms with Crippen LogP contribution in [0.5, 0.6) is 0 Å². The average Bonchev–Trinajstić information content (AvgIpc) is 3.18. The van der Waals surface area contributed by atoms with E-state index in [2.05, 4.69) is 28.1 Å². The van der Waals surface area contributed by atoms with Crippen molar-refractivity contribution >= 4 is 40.6 Å². The number of anilines is 1. The Balaban J connectivity index is 1.83. The fourth-order valence-electron chi connectivity index (χ4n) is 3.00. The fraction of sp³-hybridized carbons (Fsp3) is 0.545. The lowest BCUT2D eigenvalue weighted by Crippen LogP contribution is -2.50. The Morgan fingerprint density at radius 3 is 2.47 bits per heavy atom. The highest BCUT2D eigenvalue weighted by molar-refractivity contribution is 7.66. The first-order valence-electron chi connectivity index (χ1n) is 8.66. The van der Waals surface area contributed by atoms with E-state index in [0.717, 1.165) is 18.0 Å². The highest BCUT2D eigenvalue weighted by Gasteiger charge is 2.56. The number of ether oxygens (including phenoxy) is 2. The van der Waals surface area contributed by atoms with E-state index < -0.39 is 59.8 Å². The van der Waals surface area contributed by atoms with Gasteiger partial charge in [-0.1, -0.05) is 0 Å². The SMILES string of the molecule is CO[C@]1(COP(=O)(O)OP(=O)(O)OP(=O)(O)O)O[C@@H](n2cnc3c(=O)[nH]c(N)nc32)[C@@H](N)[C@@H]1O. The van der Waals surface area contributed by atoms with E-state index >= 15 is 0 Å². The number of H-pyrrole nitrogens is 1. The molecule has 192 valence electrons. The van der Waals surface area contributed by atoms with Gasteiger partial charge in [-0.25, -0.2) is 18.7 Å². The highest BCUT2D eigenvalue weighted by atomic mass is 31.3. The minimum atomic E-state index is -5.78. The highest BCUT2D eigenvalue weighted by Crippen LogP contribution is 2.66. The number of nitrogens with one attached hydrogen (secondary N) is 1. The van der Waals surface area contributed by atoms with Gasteiger partial charge in [-0.3, -0.25) is 18.9 Å². The van der Waals surface area contributed by atoms with Gasteiger partial charge in [0, 0.05) is 7.11 Å². The summed E-state index contributed by atoms with van der Waals surface area (Å²) in [4.78, 5) is 58.0. The minimum Gasteiger partial charge on any atom is -0.386 e. The molecule has 0 saturated carbocycles. The van der Waals surface area contributed by atoms with Gasteiger partial charge in [0.15, 0.2) is 17.4 Å². The van der Waals surface area contributed by atoms with Crippen molar-refractivity contribution in [3.8, 4) is 0 Å². The molecule has 2 aromatic rings. The standard InChI is InChI=1S/C11H19N6O14P3/c1-27-11(2-28-33(23,24)31-34(25,26)30-32(20,21)22)6(18)4(12)9(29-11)17-3-14-5-7(17)15-10(13)16-8(5)19/h3-4,6,9,18H,2,12H2,1H3,(H,23,24)(H,25,26)(H2,20,21,22)(H3,13,15,16,19)/t4-,6-,9+,11+/m0/s1. The summed E-state index contributed by atoms with van der Waals surface area (Å²) in [7, 11) is -16.0. The summed E-state index contributed by atoms with van der Waals surface area (Å²) < 4.78 is 57.7. The average molecular weight is 552 g/mol. The van der Waals surface area contributed by atoms with Gasteiger partial charge in [0.2, 0.25) is 11.7 Å². The molecule has 2 unspecified atom stereocenters. The molecule has 2 aromatic heterocycles. The number of rotatable bonds is 9. The number of hydrogen-bond donors (Lipinski definition) is 8. The van der Waals surface area contributed by atoms with Crippen LogP contribution in [0.15, 0.2) is 11.1 Å². The zero-order valence-corrected chi connectivity index (χ0v) is 19.4. The maximum atomic E-state index is 12.0. The number of fused-ring (bicyclic) bond motifs is 1. The third-order valence-corrected chi connectivity index (χ3v) is 8.16. The van der Waals surface area contributed by atoms with Gasteiger partial charge < -0.3 is 45.6 Å². The van der Waals surface area contributed by atoms with Crippen LogP contribution in [0.2, 0.25) is 0 Å². The monoisotopic (exact) mass is 552 g/mol. The van der Waals surface area contributed by atoms with Crippen LogP contribution in [0.4, 0.5) is 5.95 Å². The summed E-state index contributed by atoms with van der Waals surface area (Å²) in [6.07, 6.45) is -2.04. The molecule has 1 saturated heterocycles. The molecule has 0 amide bonds. The lowest BCUT2D eigenvalue weighted by molar-refractivity contribution is -0.266. The molecule has 34 heavy (non-hydrogen) atoms. The molecular formula is C11H19N6O14P3. The summed E-state index contributed by atoms with van der Waals surface area (Å²) in [6, 6.07) is -1.34. The van der Waals surface area contributed by atoms with Crippen LogP contribution >= 0.6 is 23.5 Å². The van der Waals surface area contributed by atoms with Crippen LogP contribution in [0.3, 0.4) is 0 Å². The summed E-state index contributed by atoms with van der Waals surface area (Å²) in [6.45, 7) is -1.17. The third-order valence-electron chi connectivity index (χ3n) is 4.38. The Labute approximate surface area is 187 Å². The predicted octanol–water partition coefficient (Wildman–Crippen LogP) is -2.40. The van der Waals surface area contributed by atoms with Crippen molar-refractivity contribution in [1.82, 2.24) is 19.5 Å². The van der Waals surface area contributed by atoms with E-state index in [1.807, 2.05) is 0 Å². The molecule has 0 radical (unpaired) electrons. The summed E-state index contributed by atoms with van der Waals surface area (Å²) in [5, 5.41) is 10.6. The molecule has 0 aromatic carbocycles. The van der Waals surface area contributed by atoms with Crippen molar-refractivity contribution in [3.05, 3.63) is 16.7 Å². The lowest BCUT2D eigenvalue weighted by Gasteiger charge is -2.30. The van der Waals surface area contributed by atoms with Crippen LogP contribution in [0.25, 0.3) is 11.2 Å². The lowest BCUT2D eigenvalue weighted by atomic mass is 10.1. The molecule has 1 fully saturated rings. The number of aliphatic hydroxyl groups excluding tert-OH is 1. The van der Waals surface area contributed by atoms with E-state index in [4.69, 9.17) is 30.7 Å². The topological polar surface area (TPSA) is 314 Å². The third kappa shape index (κ3) is 5.62. The number of aliphatic hydroxyl groups is 1. The van der Waals surface area contributed by atoms with Crippen LogP contribution in [0, 0.1) is 0 Å². The minimum absolute atomic E-state index is 0.0892. The largest absolute Gasteiger partial charge is 0.490 e. The van der Waals surface area contributed by atoms with Gasteiger partial charge in [0.1, 0.15) is 12.7 Å². The van der Waals surface area contributed by atoms with Crippen molar-refractivity contribution in [2.24, 2.45) is 5.73 Å². The number of nitrogens with two attached hydrogens (primary N) is 2. The molecule has 23 heteroatoms. The van der Waals surface area contributed by atoms with Gasteiger partial charge in [-0.05, 0) is 0 Å². The number of nitrogens with zero attached hydrogens (tertiary/aromatic N) is 3. The smallest absolute Gasteiger partial charge is 0.386 e. The first-order valence-corrected chi connectivity index (χ1v) is 13.2. The van der Waals surface area contributed by atoms with Gasteiger partial charge in [-0.15, -0.1) is 0 Å². The predicted molar refractivity (Wildman–Crippen MR) is 106 cm³/mol. The maximum absolute atomic E-state index is 12.0. The second-order valence-electron chi connectivity index (χ2n) is 6.69. The number of imidazole rings is 1. The zero-order valence-electron chi connectivity index (χ0n) is 16.8. The second kappa shape index (κ2) is 9.12. The number of aromatic nitrogens is 4. The van der Waals surface area contributed by atoms with Crippen molar-refractivity contribution in [1.29, 1.82) is 0 Å². The van der Waals surface area contributed by atoms with Gasteiger partial charge >= 0.3 is 23.5 Å². The molecule has 6 atom stereocenters. The van der Waals surface area contributed by atoms with Crippen molar-refractivity contribution in [2.45, 2.75) is 24.2 Å². The number of methoxy groups -OCH3 is 1. The van der Waals surface area contributed by atoms with Crippen LogP contribution in [-0.2, 0) is 36.3 Å². The quantitative estimate of drug-likeness (QED) is 0.150. The normalized spacial score (nSPS) is 29.2.